The van der Waals surface area contributed by atoms with Crippen LogP contribution in [0.2, 0.25) is 0 Å². The van der Waals surface area contributed by atoms with E-state index in [9.17, 15) is 0 Å². The number of thioether (sulfide) groups is 1. The molecule has 0 nitrogen and oxygen atoms in total. The minimum Gasteiger partial charge on any atom is -0.0981 e. The topological polar surface area (TPSA) is 0 Å². The number of hydrogen-bond donors (Lipinski definition) is 0. The Kier molecular flexibility index (Phi) is 4.66. The molecule has 0 saturated carbocycles. The zero-order valence-corrected chi connectivity index (χ0v) is 11.7. The second kappa shape index (κ2) is 6.46. The van der Waals surface area contributed by atoms with Crippen molar-refractivity contribution in [3.63, 3.8) is 0 Å². The lowest BCUT2D eigenvalue weighted by molar-refractivity contribution is 1.14. The zero-order chi connectivity index (χ0) is 12.8. The first-order valence-electron chi connectivity index (χ1n) is 6.27. The van der Waals surface area contributed by atoms with Gasteiger partial charge in [0.2, 0.25) is 0 Å². The molecular weight excluding hydrogens is 236 g/mol. The van der Waals surface area contributed by atoms with Crippen LogP contribution in [0.15, 0.2) is 58.8 Å². The van der Waals surface area contributed by atoms with Gasteiger partial charge in [-0.05, 0) is 48.1 Å². The maximum absolute atomic E-state index is 2.19. The van der Waals surface area contributed by atoms with Gasteiger partial charge < -0.3 is 0 Å². The molecule has 0 spiro atoms. The summed E-state index contributed by atoms with van der Waals surface area (Å²) in [5, 5.41) is 2.14. The smallest absolute Gasteiger partial charge is 0.0116 e. The van der Waals surface area contributed by atoms with Crippen LogP contribution in [0.1, 0.15) is 23.6 Å². The van der Waals surface area contributed by atoms with E-state index < -0.39 is 0 Å². The molecule has 0 aliphatic rings. The van der Waals surface area contributed by atoms with Crippen molar-refractivity contribution in [3.05, 3.63) is 70.6 Å². The van der Waals surface area contributed by atoms with E-state index in [4.69, 9.17) is 0 Å². The molecule has 18 heavy (non-hydrogen) atoms. The Balaban J connectivity index is 1.96. The summed E-state index contributed by atoms with van der Waals surface area (Å²) in [7, 11) is 0. The van der Waals surface area contributed by atoms with Crippen molar-refractivity contribution in [2.45, 2.75) is 25.2 Å². The normalized spacial score (nSPS) is 11.0. The Bertz CT molecular complexity index is 506. The van der Waals surface area contributed by atoms with Crippen LogP contribution in [-0.4, -0.2) is 0 Å². The molecule has 0 radical (unpaired) electrons. The molecule has 2 aromatic carbocycles. The molecule has 0 aliphatic carbocycles. The lowest BCUT2D eigenvalue weighted by Gasteiger charge is -1.98. The number of rotatable bonds is 4. The van der Waals surface area contributed by atoms with Crippen molar-refractivity contribution in [2.24, 2.45) is 0 Å². The van der Waals surface area contributed by atoms with Crippen LogP contribution in [0.4, 0.5) is 0 Å². The summed E-state index contributed by atoms with van der Waals surface area (Å²) in [5.41, 5.74) is 3.95. The van der Waals surface area contributed by atoms with Gasteiger partial charge in [0.25, 0.3) is 0 Å². The van der Waals surface area contributed by atoms with Gasteiger partial charge in [-0.2, -0.15) is 0 Å². The molecule has 0 bridgehead atoms. The quantitative estimate of drug-likeness (QED) is 0.665. The average Bonchev–Trinajstić information content (AvgIpc) is 2.42. The molecule has 0 heterocycles. The van der Waals surface area contributed by atoms with Crippen molar-refractivity contribution in [3.8, 4) is 0 Å². The van der Waals surface area contributed by atoms with Gasteiger partial charge in [0, 0.05) is 4.90 Å². The summed E-state index contributed by atoms with van der Waals surface area (Å²) in [5.74, 6) is 0. The Hall–Kier alpha value is -1.47. The van der Waals surface area contributed by atoms with Crippen LogP contribution in [0.25, 0.3) is 6.08 Å². The highest BCUT2D eigenvalue weighted by Crippen LogP contribution is 2.20. The second-order valence-electron chi connectivity index (χ2n) is 4.33. The van der Waals surface area contributed by atoms with Crippen molar-refractivity contribution < 1.29 is 0 Å². The maximum atomic E-state index is 2.19. The van der Waals surface area contributed by atoms with Gasteiger partial charge in [0.1, 0.15) is 0 Å². The molecule has 0 aliphatic heterocycles. The van der Waals surface area contributed by atoms with Crippen molar-refractivity contribution in [2.75, 3.05) is 0 Å². The van der Waals surface area contributed by atoms with E-state index in [0.717, 1.165) is 6.42 Å². The molecule has 0 N–H and O–H groups in total. The monoisotopic (exact) mass is 254 g/mol. The van der Waals surface area contributed by atoms with Gasteiger partial charge in [0.05, 0.1) is 0 Å². The number of benzene rings is 2. The summed E-state index contributed by atoms with van der Waals surface area (Å²) in [6.07, 6.45) is 3.26. The first kappa shape index (κ1) is 13.0. The molecule has 2 aromatic rings. The third-order valence-corrected chi connectivity index (χ3v) is 3.69. The summed E-state index contributed by atoms with van der Waals surface area (Å²) < 4.78 is 0. The summed E-state index contributed by atoms with van der Waals surface area (Å²) in [6.45, 7) is 4.29. The van der Waals surface area contributed by atoms with Gasteiger partial charge in [-0.25, -0.2) is 0 Å². The van der Waals surface area contributed by atoms with E-state index >= 15 is 0 Å². The zero-order valence-electron chi connectivity index (χ0n) is 10.9. The minimum absolute atomic E-state index is 1.10. The van der Waals surface area contributed by atoms with Gasteiger partial charge in [-0.15, -0.1) is 0 Å². The molecule has 0 unspecified atom stereocenters. The maximum Gasteiger partial charge on any atom is 0.0116 e. The lowest BCUT2D eigenvalue weighted by Crippen LogP contribution is -1.78. The van der Waals surface area contributed by atoms with E-state index in [1.165, 1.54) is 21.6 Å². The number of aryl methyl sites for hydroxylation is 2. The minimum atomic E-state index is 1.10. The van der Waals surface area contributed by atoms with Crippen molar-refractivity contribution in [1.29, 1.82) is 0 Å². The third-order valence-electron chi connectivity index (χ3n) is 2.87. The molecule has 2 rings (SSSR count). The summed E-state index contributed by atoms with van der Waals surface area (Å²) in [6, 6.07) is 17.3. The molecule has 1 heteroatoms. The predicted octanol–water partition coefficient (Wildman–Crippen LogP) is 5.32. The van der Waals surface area contributed by atoms with E-state index in [2.05, 4.69) is 73.9 Å². The molecule has 92 valence electrons. The first-order chi connectivity index (χ1) is 8.78. The highest BCUT2D eigenvalue weighted by molar-refractivity contribution is 8.02. The highest BCUT2D eigenvalue weighted by Gasteiger charge is 1.91. The standard InChI is InChI=1S/C17H18S/c1-3-15-6-8-16(9-7-15)12-13-18-17-10-4-14(2)5-11-17/h4-13H,3H2,1-2H3/b13-12-. The Morgan fingerprint density at radius 2 is 1.61 bits per heavy atom. The van der Waals surface area contributed by atoms with Crippen LogP contribution < -0.4 is 0 Å². The fourth-order valence-electron chi connectivity index (χ4n) is 1.67. The van der Waals surface area contributed by atoms with Gasteiger partial charge in [-0.3, -0.25) is 0 Å². The predicted molar refractivity (Wildman–Crippen MR) is 81.9 cm³/mol. The first-order valence-corrected chi connectivity index (χ1v) is 7.14. The average molecular weight is 254 g/mol. The van der Waals surface area contributed by atoms with Crippen molar-refractivity contribution in [1.82, 2.24) is 0 Å². The van der Waals surface area contributed by atoms with E-state index in [1.54, 1.807) is 11.8 Å². The van der Waals surface area contributed by atoms with Crippen molar-refractivity contribution >= 4 is 17.8 Å². The molecule has 0 fully saturated rings. The fraction of sp³-hybridized carbons (Fsp3) is 0.176. The van der Waals surface area contributed by atoms with E-state index in [0.29, 0.717) is 0 Å². The van der Waals surface area contributed by atoms with Crippen LogP contribution >= 0.6 is 11.8 Å². The summed E-state index contributed by atoms with van der Waals surface area (Å²) >= 11 is 1.75. The fourth-order valence-corrected chi connectivity index (χ4v) is 2.35. The highest BCUT2D eigenvalue weighted by atomic mass is 32.2. The van der Waals surface area contributed by atoms with Gasteiger partial charge >= 0.3 is 0 Å². The Labute approximate surface area is 114 Å². The van der Waals surface area contributed by atoms with E-state index in [1.807, 2.05) is 0 Å². The van der Waals surface area contributed by atoms with Crippen LogP contribution in [-0.2, 0) is 6.42 Å². The molecule has 0 atom stereocenters. The lowest BCUT2D eigenvalue weighted by atomic mass is 10.1. The Morgan fingerprint density at radius 1 is 0.944 bits per heavy atom. The van der Waals surface area contributed by atoms with Crippen LogP contribution in [0, 0.1) is 6.92 Å². The molecule has 0 saturated heterocycles. The second-order valence-corrected chi connectivity index (χ2v) is 5.31. The largest absolute Gasteiger partial charge is 0.0981 e. The summed E-state index contributed by atoms with van der Waals surface area (Å²) in [4.78, 5) is 1.28. The van der Waals surface area contributed by atoms with Crippen LogP contribution in [0.3, 0.4) is 0 Å². The van der Waals surface area contributed by atoms with Gasteiger partial charge in [0.15, 0.2) is 0 Å². The SMILES string of the molecule is CCc1ccc(/C=C\Sc2ccc(C)cc2)cc1. The van der Waals surface area contributed by atoms with Gasteiger partial charge in [-0.1, -0.05) is 60.6 Å². The van der Waals surface area contributed by atoms with E-state index in [-0.39, 0.29) is 0 Å². The molecular formula is C17H18S. The Morgan fingerprint density at radius 3 is 2.22 bits per heavy atom. The third kappa shape index (κ3) is 3.78. The van der Waals surface area contributed by atoms with Crippen LogP contribution in [0.5, 0.6) is 0 Å². The molecule has 0 aromatic heterocycles. The number of hydrogen-bond acceptors (Lipinski definition) is 1. The molecule has 0 amide bonds.